The van der Waals surface area contributed by atoms with Crippen molar-refractivity contribution in [2.45, 2.75) is 49.8 Å². The Morgan fingerprint density at radius 2 is 1.87 bits per heavy atom. The van der Waals surface area contributed by atoms with Crippen LogP contribution < -0.4 is 15.5 Å². The molecule has 0 aliphatic heterocycles. The molecular formula is C24H24ClF6N5O2. The number of rotatable bonds is 6. The number of imidazole rings is 1. The van der Waals surface area contributed by atoms with Crippen LogP contribution in [0.25, 0.3) is 5.65 Å². The summed E-state index contributed by atoms with van der Waals surface area (Å²) in [7, 11) is 1.25. The third kappa shape index (κ3) is 6.44. The van der Waals surface area contributed by atoms with Gasteiger partial charge < -0.3 is 20.6 Å². The number of anilines is 2. The first-order chi connectivity index (χ1) is 17.6. The SMILES string of the molecule is CN(CC(F)(F)F)c1ccc(C(=O)NC2(O)CCC(Nc3cccc4nc(C(F)(F)F)cn34)CC2)c(Cl)c1. The second kappa shape index (κ2) is 10.2. The number of hydrogen-bond acceptors (Lipinski definition) is 5. The van der Waals surface area contributed by atoms with E-state index < -0.39 is 36.2 Å². The molecule has 3 N–H and O–H groups in total. The topological polar surface area (TPSA) is 81.9 Å². The monoisotopic (exact) mass is 563 g/mol. The quantitative estimate of drug-likeness (QED) is 0.273. The predicted molar refractivity (Wildman–Crippen MR) is 129 cm³/mol. The van der Waals surface area contributed by atoms with Gasteiger partial charge in [0.05, 0.1) is 10.6 Å². The molecule has 206 valence electrons. The number of fused-ring (bicyclic) bond motifs is 1. The van der Waals surface area contributed by atoms with Gasteiger partial charge in [-0.15, -0.1) is 0 Å². The second-order valence-corrected chi connectivity index (χ2v) is 9.71. The van der Waals surface area contributed by atoms with E-state index in [0.717, 1.165) is 11.1 Å². The van der Waals surface area contributed by atoms with Gasteiger partial charge in [0.2, 0.25) is 0 Å². The van der Waals surface area contributed by atoms with Crippen molar-refractivity contribution in [2.75, 3.05) is 23.8 Å². The summed E-state index contributed by atoms with van der Waals surface area (Å²) in [6.07, 6.45) is -7.00. The van der Waals surface area contributed by atoms with E-state index in [9.17, 15) is 36.2 Å². The molecule has 0 atom stereocenters. The first-order valence-electron chi connectivity index (χ1n) is 11.6. The van der Waals surface area contributed by atoms with Crippen molar-refractivity contribution < 1.29 is 36.2 Å². The zero-order valence-corrected chi connectivity index (χ0v) is 20.8. The van der Waals surface area contributed by atoms with Gasteiger partial charge in [-0.25, -0.2) is 4.98 Å². The van der Waals surface area contributed by atoms with Crippen LogP contribution in [0.15, 0.2) is 42.6 Å². The Balaban J connectivity index is 1.38. The minimum atomic E-state index is -4.58. The molecule has 0 radical (unpaired) electrons. The number of benzene rings is 1. The number of nitrogens with zero attached hydrogens (tertiary/aromatic N) is 3. The van der Waals surface area contributed by atoms with Crippen LogP contribution in [0.3, 0.4) is 0 Å². The number of halogens is 7. The molecule has 4 rings (SSSR count). The van der Waals surface area contributed by atoms with Gasteiger partial charge >= 0.3 is 12.4 Å². The second-order valence-electron chi connectivity index (χ2n) is 9.30. The normalized spacial score (nSPS) is 20.4. The third-order valence-electron chi connectivity index (χ3n) is 6.35. The van der Waals surface area contributed by atoms with E-state index in [1.165, 1.54) is 35.7 Å². The lowest BCUT2D eigenvalue weighted by molar-refractivity contribution is -0.140. The largest absolute Gasteiger partial charge is 0.434 e. The van der Waals surface area contributed by atoms with Crippen LogP contribution in [0.2, 0.25) is 5.02 Å². The lowest BCUT2D eigenvalue weighted by Gasteiger charge is -2.37. The van der Waals surface area contributed by atoms with Crippen LogP contribution in [-0.4, -0.2) is 51.9 Å². The molecule has 2 heterocycles. The molecule has 7 nitrogen and oxygen atoms in total. The molecule has 0 bridgehead atoms. The van der Waals surface area contributed by atoms with Gasteiger partial charge in [-0.05, 0) is 56.0 Å². The molecule has 0 unspecified atom stereocenters. The zero-order chi connectivity index (χ0) is 27.9. The number of hydrogen-bond donors (Lipinski definition) is 3. The maximum absolute atomic E-state index is 13.1. The van der Waals surface area contributed by atoms with E-state index in [-0.39, 0.29) is 40.8 Å². The van der Waals surface area contributed by atoms with E-state index in [1.54, 1.807) is 12.1 Å². The summed E-state index contributed by atoms with van der Waals surface area (Å²) in [6.45, 7) is -1.19. The fourth-order valence-electron chi connectivity index (χ4n) is 4.40. The number of nitrogens with one attached hydrogen (secondary N) is 2. The molecule has 1 fully saturated rings. The highest BCUT2D eigenvalue weighted by molar-refractivity contribution is 6.34. The van der Waals surface area contributed by atoms with Crippen molar-refractivity contribution in [3.63, 3.8) is 0 Å². The van der Waals surface area contributed by atoms with E-state index in [4.69, 9.17) is 11.6 Å². The van der Waals surface area contributed by atoms with Crippen molar-refractivity contribution in [2.24, 2.45) is 0 Å². The van der Waals surface area contributed by atoms with Crippen LogP contribution in [0.4, 0.5) is 37.8 Å². The molecule has 38 heavy (non-hydrogen) atoms. The summed E-state index contributed by atoms with van der Waals surface area (Å²) in [5.74, 6) is -0.274. The van der Waals surface area contributed by atoms with E-state index in [2.05, 4.69) is 15.6 Å². The third-order valence-corrected chi connectivity index (χ3v) is 6.66. The van der Waals surface area contributed by atoms with Crippen molar-refractivity contribution in [3.8, 4) is 0 Å². The smallest absolute Gasteiger partial charge is 0.371 e. The Bertz CT molecular complexity index is 1320. The summed E-state index contributed by atoms with van der Waals surface area (Å²) in [5, 5.41) is 16.6. The van der Waals surface area contributed by atoms with Crippen molar-refractivity contribution in [1.82, 2.24) is 14.7 Å². The van der Waals surface area contributed by atoms with E-state index in [0.29, 0.717) is 18.7 Å². The highest BCUT2D eigenvalue weighted by Crippen LogP contribution is 2.32. The van der Waals surface area contributed by atoms with Crippen molar-refractivity contribution in [3.05, 3.63) is 58.9 Å². The summed E-state index contributed by atoms with van der Waals surface area (Å²) in [4.78, 5) is 17.3. The fourth-order valence-corrected chi connectivity index (χ4v) is 4.66. The van der Waals surface area contributed by atoms with Gasteiger partial charge in [0.15, 0.2) is 5.69 Å². The van der Waals surface area contributed by atoms with Gasteiger partial charge in [0, 0.05) is 25.0 Å². The van der Waals surface area contributed by atoms with E-state index >= 15 is 0 Å². The molecule has 1 amide bonds. The number of amides is 1. The number of carbonyl (C=O) groups excluding carboxylic acids is 1. The van der Waals surface area contributed by atoms with Crippen LogP contribution in [0.5, 0.6) is 0 Å². The average molecular weight is 564 g/mol. The summed E-state index contributed by atoms with van der Waals surface area (Å²) in [5.41, 5.74) is -2.27. The van der Waals surface area contributed by atoms with Crippen LogP contribution in [0, 0.1) is 0 Å². The molecule has 1 aliphatic carbocycles. The maximum Gasteiger partial charge on any atom is 0.434 e. The van der Waals surface area contributed by atoms with Crippen LogP contribution in [-0.2, 0) is 6.18 Å². The predicted octanol–water partition coefficient (Wildman–Crippen LogP) is 5.48. The summed E-state index contributed by atoms with van der Waals surface area (Å²) < 4.78 is 78.4. The molecule has 1 saturated carbocycles. The summed E-state index contributed by atoms with van der Waals surface area (Å²) >= 11 is 6.16. The van der Waals surface area contributed by atoms with Gasteiger partial charge in [-0.1, -0.05) is 17.7 Å². The molecule has 14 heteroatoms. The van der Waals surface area contributed by atoms with Crippen molar-refractivity contribution in [1.29, 1.82) is 0 Å². The lowest BCUT2D eigenvalue weighted by atomic mass is 9.87. The van der Waals surface area contributed by atoms with Crippen LogP contribution in [0.1, 0.15) is 41.7 Å². The molecule has 1 aliphatic rings. The van der Waals surface area contributed by atoms with Gasteiger partial charge in [0.25, 0.3) is 5.91 Å². The molecular weight excluding hydrogens is 540 g/mol. The number of carbonyl (C=O) groups is 1. The maximum atomic E-state index is 13.1. The molecule has 0 saturated heterocycles. The van der Waals surface area contributed by atoms with E-state index in [1.807, 2.05) is 0 Å². The number of alkyl halides is 6. The van der Waals surface area contributed by atoms with Gasteiger partial charge in [-0.3, -0.25) is 9.20 Å². The molecule has 2 aromatic heterocycles. The zero-order valence-electron chi connectivity index (χ0n) is 20.0. The minimum absolute atomic E-state index is 0.00301. The highest BCUT2D eigenvalue weighted by Gasteiger charge is 2.37. The number of pyridine rings is 1. The first-order valence-corrected chi connectivity index (χ1v) is 12.0. The Kier molecular flexibility index (Phi) is 7.45. The van der Waals surface area contributed by atoms with Gasteiger partial charge in [-0.2, -0.15) is 26.3 Å². The highest BCUT2D eigenvalue weighted by atomic mass is 35.5. The molecule has 1 aromatic carbocycles. The number of aromatic nitrogens is 2. The average Bonchev–Trinajstić information content (AvgIpc) is 3.25. The lowest BCUT2D eigenvalue weighted by Crippen LogP contribution is -2.52. The first kappa shape index (κ1) is 27.8. The Morgan fingerprint density at radius 1 is 1.18 bits per heavy atom. The standard InChI is InChI=1S/C24H24ClF6N5O2/c1-35(13-23(26,27)28)15-5-6-16(17(25)11-15)21(37)34-22(38)9-7-14(8-10-22)32-19-3-2-4-20-33-18(12-36(19)20)24(29,30)31/h2-6,11-12,14,32,38H,7-10,13H2,1H3,(H,34,37). The van der Waals surface area contributed by atoms with Crippen LogP contribution >= 0.6 is 11.6 Å². The summed E-state index contributed by atoms with van der Waals surface area (Å²) in [6, 6.07) is 8.34. The fraction of sp³-hybridized carbons (Fsp3) is 0.417. The Morgan fingerprint density at radius 3 is 2.47 bits per heavy atom. The van der Waals surface area contributed by atoms with Crippen molar-refractivity contribution >= 4 is 34.7 Å². The number of aliphatic hydroxyl groups is 1. The molecule has 3 aromatic rings. The minimum Gasteiger partial charge on any atom is -0.371 e. The molecule has 0 spiro atoms. The van der Waals surface area contributed by atoms with Gasteiger partial charge in [0.1, 0.15) is 23.7 Å². The Hall–Kier alpha value is -3.19. The Labute approximate surface area is 218 Å².